The molecule has 3 rings (SSSR count). The number of aromatic nitrogens is 2. The van der Waals surface area contributed by atoms with Crippen molar-refractivity contribution < 1.29 is 19.1 Å². The van der Waals surface area contributed by atoms with E-state index in [1.165, 1.54) is 6.07 Å². The molecule has 0 bridgehead atoms. The molecule has 0 saturated carbocycles. The maximum absolute atomic E-state index is 13.0. The standard InChI is InChI=1S/C25H30N2O6/c1-4-6-8-10-32-24(30)17-13-19(28)16-12-15(3)22-21(23(16)27-17)20(29)14-18(26-22)25(31)33-11-9-7-5-2/h12-14H,4-11H2,1-3H3,(H,26,29)(H,27,28). The molecule has 0 aliphatic heterocycles. The molecule has 2 N–H and O–H groups in total. The Balaban J connectivity index is 2.03. The quantitative estimate of drug-likeness (QED) is 0.267. The highest BCUT2D eigenvalue weighted by Gasteiger charge is 2.18. The van der Waals surface area contributed by atoms with Crippen molar-refractivity contribution in [2.45, 2.75) is 59.3 Å². The molecule has 1 aromatic carbocycles. The van der Waals surface area contributed by atoms with Crippen molar-refractivity contribution in [1.82, 2.24) is 9.97 Å². The van der Waals surface area contributed by atoms with Crippen molar-refractivity contribution in [3.63, 3.8) is 0 Å². The summed E-state index contributed by atoms with van der Waals surface area (Å²) in [5.41, 5.74) is 0.423. The van der Waals surface area contributed by atoms with Gasteiger partial charge in [0.15, 0.2) is 10.9 Å². The van der Waals surface area contributed by atoms with E-state index >= 15 is 0 Å². The summed E-state index contributed by atoms with van der Waals surface area (Å²) in [6, 6.07) is 3.97. The summed E-state index contributed by atoms with van der Waals surface area (Å²) in [6.07, 6.45) is 5.37. The van der Waals surface area contributed by atoms with E-state index < -0.39 is 22.8 Å². The molecule has 0 aliphatic rings. The van der Waals surface area contributed by atoms with Gasteiger partial charge in [0.25, 0.3) is 0 Å². The summed E-state index contributed by atoms with van der Waals surface area (Å²) in [6.45, 7) is 6.37. The molecule has 0 aliphatic carbocycles. The smallest absolute Gasteiger partial charge is 0.354 e. The Labute approximate surface area is 191 Å². The van der Waals surface area contributed by atoms with Gasteiger partial charge in [0, 0.05) is 17.5 Å². The second-order valence-electron chi connectivity index (χ2n) is 8.15. The van der Waals surface area contributed by atoms with Crippen molar-refractivity contribution in [2.75, 3.05) is 13.2 Å². The number of hydrogen-bond donors (Lipinski definition) is 2. The van der Waals surface area contributed by atoms with Crippen LogP contribution in [-0.2, 0) is 9.47 Å². The Hall–Kier alpha value is -3.42. The molecular weight excluding hydrogens is 424 g/mol. The number of rotatable bonds is 10. The Kier molecular flexibility index (Phi) is 8.03. The normalized spacial score (nSPS) is 11.1. The molecule has 3 aromatic rings. The first-order valence-electron chi connectivity index (χ1n) is 11.4. The molecular formula is C25H30N2O6. The summed E-state index contributed by atoms with van der Waals surface area (Å²) in [4.78, 5) is 56.5. The van der Waals surface area contributed by atoms with Crippen molar-refractivity contribution in [1.29, 1.82) is 0 Å². The lowest BCUT2D eigenvalue weighted by atomic mass is 10.0. The molecule has 8 heteroatoms. The molecule has 33 heavy (non-hydrogen) atoms. The number of aromatic amines is 2. The van der Waals surface area contributed by atoms with Crippen LogP contribution in [0.3, 0.4) is 0 Å². The van der Waals surface area contributed by atoms with E-state index in [4.69, 9.17) is 9.47 Å². The lowest BCUT2D eigenvalue weighted by molar-refractivity contribution is 0.0482. The average Bonchev–Trinajstić information content (AvgIpc) is 2.79. The number of carbonyl (C=O) groups is 2. The van der Waals surface area contributed by atoms with Gasteiger partial charge in [-0.25, -0.2) is 9.59 Å². The lowest BCUT2D eigenvalue weighted by Gasteiger charge is -2.11. The van der Waals surface area contributed by atoms with Crippen LogP contribution in [0.1, 0.15) is 78.9 Å². The van der Waals surface area contributed by atoms with Crippen LogP contribution in [0, 0.1) is 6.92 Å². The first-order chi connectivity index (χ1) is 15.9. The molecule has 8 nitrogen and oxygen atoms in total. The predicted octanol–water partition coefficient (Wildman–Crippen LogP) is 4.37. The van der Waals surface area contributed by atoms with E-state index in [0.29, 0.717) is 11.1 Å². The third-order valence-corrected chi connectivity index (χ3v) is 5.51. The number of benzene rings is 1. The molecule has 0 saturated heterocycles. The highest BCUT2D eigenvalue weighted by molar-refractivity contribution is 6.07. The van der Waals surface area contributed by atoms with Crippen LogP contribution in [0.15, 0.2) is 27.8 Å². The SMILES string of the molecule is CCCCCOC(=O)c1cc(=O)c2c([nH]1)c(C)cc1c(=O)cc(C(=O)OCCCCC)[nH]c12. The molecule has 176 valence electrons. The second kappa shape index (κ2) is 10.9. The Morgan fingerprint density at radius 3 is 1.82 bits per heavy atom. The summed E-state index contributed by atoms with van der Waals surface area (Å²) in [5.74, 6) is -1.26. The second-order valence-corrected chi connectivity index (χ2v) is 8.15. The maximum atomic E-state index is 13.0. The van der Waals surface area contributed by atoms with Crippen molar-refractivity contribution in [3.05, 3.63) is 55.6 Å². The molecule has 0 amide bonds. The summed E-state index contributed by atoms with van der Waals surface area (Å²) < 4.78 is 10.5. The van der Waals surface area contributed by atoms with Gasteiger partial charge in [0.1, 0.15) is 11.4 Å². The fourth-order valence-corrected chi connectivity index (χ4v) is 3.71. The minimum absolute atomic E-state index is 0.0204. The zero-order valence-electron chi connectivity index (χ0n) is 19.3. The predicted molar refractivity (Wildman–Crippen MR) is 127 cm³/mol. The first-order valence-corrected chi connectivity index (χ1v) is 11.4. The molecule has 0 spiro atoms. The largest absolute Gasteiger partial charge is 0.461 e. The number of esters is 2. The van der Waals surface area contributed by atoms with Gasteiger partial charge in [-0.05, 0) is 31.4 Å². The van der Waals surface area contributed by atoms with E-state index in [0.717, 1.165) is 44.6 Å². The number of nitrogens with one attached hydrogen (secondary N) is 2. The maximum Gasteiger partial charge on any atom is 0.354 e. The van der Waals surface area contributed by atoms with Crippen LogP contribution in [0.25, 0.3) is 21.8 Å². The van der Waals surface area contributed by atoms with E-state index in [1.807, 2.05) is 6.92 Å². The van der Waals surface area contributed by atoms with Gasteiger partial charge in [0.05, 0.1) is 29.6 Å². The number of aryl methyl sites for hydroxylation is 1. The third-order valence-electron chi connectivity index (χ3n) is 5.51. The summed E-state index contributed by atoms with van der Waals surface area (Å²) >= 11 is 0. The van der Waals surface area contributed by atoms with E-state index in [-0.39, 0.29) is 40.9 Å². The molecule has 2 aromatic heterocycles. The number of hydrogen-bond acceptors (Lipinski definition) is 6. The Morgan fingerprint density at radius 1 is 0.758 bits per heavy atom. The summed E-state index contributed by atoms with van der Waals surface area (Å²) in [5, 5.41) is 0.480. The molecule has 0 atom stereocenters. The highest BCUT2D eigenvalue weighted by Crippen LogP contribution is 2.23. The van der Waals surface area contributed by atoms with Gasteiger partial charge in [-0.15, -0.1) is 0 Å². The van der Waals surface area contributed by atoms with E-state index in [9.17, 15) is 19.2 Å². The molecule has 0 radical (unpaired) electrons. The van der Waals surface area contributed by atoms with Gasteiger partial charge in [-0.3, -0.25) is 9.59 Å². The van der Waals surface area contributed by atoms with Gasteiger partial charge >= 0.3 is 11.9 Å². The number of unbranched alkanes of at least 4 members (excludes halogenated alkanes) is 4. The van der Waals surface area contributed by atoms with E-state index in [1.54, 1.807) is 13.0 Å². The highest BCUT2D eigenvalue weighted by atomic mass is 16.5. The molecule has 0 fully saturated rings. The van der Waals surface area contributed by atoms with E-state index in [2.05, 4.69) is 16.9 Å². The van der Waals surface area contributed by atoms with Crippen LogP contribution in [0.5, 0.6) is 0 Å². The zero-order valence-corrected chi connectivity index (χ0v) is 19.3. The first kappa shape index (κ1) is 24.2. The Bertz CT molecular complexity index is 1290. The topological polar surface area (TPSA) is 118 Å². The molecule has 2 heterocycles. The van der Waals surface area contributed by atoms with Crippen molar-refractivity contribution in [2.24, 2.45) is 0 Å². The van der Waals surface area contributed by atoms with Gasteiger partial charge in [-0.2, -0.15) is 0 Å². The van der Waals surface area contributed by atoms with Gasteiger partial charge in [-0.1, -0.05) is 39.5 Å². The average molecular weight is 455 g/mol. The minimum atomic E-state index is -0.650. The number of ether oxygens (including phenoxy) is 2. The van der Waals surface area contributed by atoms with Crippen LogP contribution < -0.4 is 10.9 Å². The van der Waals surface area contributed by atoms with Crippen LogP contribution in [0.4, 0.5) is 0 Å². The lowest BCUT2D eigenvalue weighted by Crippen LogP contribution is -2.17. The fourth-order valence-electron chi connectivity index (χ4n) is 3.71. The van der Waals surface area contributed by atoms with Crippen LogP contribution in [-0.4, -0.2) is 35.1 Å². The number of fused-ring (bicyclic) bond motifs is 3. The zero-order chi connectivity index (χ0) is 24.0. The van der Waals surface area contributed by atoms with Gasteiger partial charge < -0.3 is 19.4 Å². The summed E-state index contributed by atoms with van der Waals surface area (Å²) in [7, 11) is 0. The van der Waals surface area contributed by atoms with Crippen molar-refractivity contribution in [3.8, 4) is 0 Å². The van der Waals surface area contributed by atoms with Crippen LogP contribution in [0.2, 0.25) is 0 Å². The fraction of sp³-hybridized carbons (Fsp3) is 0.440. The van der Waals surface area contributed by atoms with Crippen LogP contribution >= 0.6 is 0 Å². The third kappa shape index (κ3) is 5.50. The molecule has 0 unspecified atom stereocenters. The van der Waals surface area contributed by atoms with Crippen molar-refractivity contribution >= 4 is 33.7 Å². The van der Waals surface area contributed by atoms with Gasteiger partial charge in [0.2, 0.25) is 0 Å². The monoisotopic (exact) mass is 454 g/mol. The minimum Gasteiger partial charge on any atom is -0.461 e. The number of pyridine rings is 2. The Morgan fingerprint density at radius 2 is 1.27 bits per heavy atom. The number of carbonyl (C=O) groups excluding carboxylic acids is 2. The number of H-pyrrole nitrogens is 2.